The number of likely N-dealkylation sites (tertiary alicyclic amines) is 1. The molecule has 0 amide bonds. The van der Waals surface area contributed by atoms with Crippen molar-refractivity contribution in [2.24, 2.45) is 7.05 Å². The van der Waals surface area contributed by atoms with E-state index in [2.05, 4.69) is 54.6 Å². The van der Waals surface area contributed by atoms with Crippen LogP contribution in [0.3, 0.4) is 0 Å². The van der Waals surface area contributed by atoms with Crippen LogP contribution in [0.15, 0.2) is 24.5 Å². The maximum atomic E-state index is 4.58. The number of piperidine rings is 1. The van der Waals surface area contributed by atoms with Gasteiger partial charge in [-0.2, -0.15) is 0 Å². The monoisotopic (exact) mass is 369 g/mol. The molecule has 0 spiro atoms. The van der Waals surface area contributed by atoms with Crippen molar-refractivity contribution in [2.45, 2.75) is 31.8 Å². The van der Waals surface area contributed by atoms with Crippen LogP contribution in [0.4, 0.5) is 0 Å². The van der Waals surface area contributed by atoms with E-state index in [1.807, 2.05) is 18.5 Å². The Bertz CT molecular complexity index is 713. The molecule has 2 aliphatic heterocycles. The van der Waals surface area contributed by atoms with Crippen LogP contribution in [-0.4, -0.2) is 80.8 Å². The Labute approximate surface area is 162 Å². The molecule has 0 unspecified atom stereocenters. The molecule has 0 radical (unpaired) electrons. The maximum Gasteiger partial charge on any atom is 0.146 e. The highest BCUT2D eigenvalue weighted by molar-refractivity contribution is 5.09. The van der Waals surface area contributed by atoms with Crippen LogP contribution < -0.4 is 0 Å². The largest absolute Gasteiger partial charge is 0.317 e. The third-order valence-corrected chi connectivity index (χ3v) is 6.04. The molecule has 4 heterocycles. The van der Waals surface area contributed by atoms with Gasteiger partial charge >= 0.3 is 0 Å². The minimum atomic E-state index is 0.522. The van der Waals surface area contributed by atoms with Crippen LogP contribution in [0.5, 0.6) is 0 Å². The quantitative estimate of drug-likeness (QED) is 0.793. The van der Waals surface area contributed by atoms with Gasteiger partial charge in [-0.15, -0.1) is 10.2 Å². The van der Waals surface area contributed by atoms with Crippen molar-refractivity contribution < 1.29 is 0 Å². The third kappa shape index (κ3) is 4.54. The summed E-state index contributed by atoms with van der Waals surface area (Å²) in [4.78, 5) is 11.6. The summed E-state index contributed by atoms with van der Waals surface area (Å²) >= 11 is 0. The molecule has 2 aliphatic rings. The number of nitrogens with zero attached hydrogens (tertiary/aromatic N) is 7. The molecule has 7 heteroatoms. The predicted molar refractivity (Wildman–Crippen MR) is 105 cm³/mol. The van der Waals surface area contributed by atoms with Crippen LogP contribution in [-0.2, 0) is 20.1 Å². The molecule has 146 valence electrons. The molecule has 2 aromatic rings. The van der Waals surface area contributed by atoms with Crippen LogP contribution in [0.25, 0.3) is 0 Å². The zero-order valence-corrected chi connectivity index (χ0v) is 16.6. The van der Waals surface area contributed by atoms with Crippen LogP contribution in [0.1, 0.15) is 36.0 Å². The molecule has 0 bridgehead atoms. The molecule has 2 aromatic heterocycles. The number of rotatable bonds is 5. The van der Waals surface area contributed by atoms with Crippen molar-refractivity contribution in [1.82, 2.24) is 34.4 Å². The molecule has 0 saturated carbocycles. The Morgan fingerprint density at radius 1 is 0.926 bits per heavy atom. The molecular weight excluding hydrogens is 338 g/mol. The van der Waals surface area contributed by atoms with Gasteiger partial charge < -0.3 is 9.47 Å². The van der Waals surface area contributed by atoms with Crippen molar-refractivity contribution in [3.63, 3.8) is 0 Å². The van der Waals surface area contributed by atoms with E-state index < -0.39 is 0 Å². The lowest BCUT2D eigenvalue weighted by molar-refractivity contribution is 0.144. The Hall–Kier alpha value is -1.83. The van der Waals surface area contributed by atoms with Crippen molar-refractivity contribution in [1.29, 1.82) is 0 Å². The normalized spacial score (nSPS) is 21.0. The van der Waals surface area contributed by atoms with Gasteiger partial charge in [-0.3, -0.25) is 14.8 Å². The zero-order chi connectivity index (χ0) is 18.6. The molecule has 2 saturated heterocycles. The molecular formula is C20H31N7. The van der Waals surface area contributed by atoms with E-state index in [1.165, 1.54) is 11.4 Å². The summed E-state index contributed by atoms with van der Waals surface area (Å²) in [6, 6.07) is 4.18. The van der Waals surface area contributed by atoms with Gasteiger partial charge in [0.1, 0.15) is 11.6 Å². The second-order valence-corrected chi connectivity index (χ2v) is 8.02. The molecule has 2 fully saturated rings. The smallest absolute Gasteiger partial charge is 0.146 e. The van der Waals surface area contributed by atoms with E-state index in [1.54, 1.807) is 0 Å². The highest BCUT2D eigenvalue weighted by atomic mass is 15.3. The summed E-state index contributed by atoms with van der Waals surface area (Å²) in [5, 5.41) is 9.10. The first kappa shape index (κ1) is 18.5. The highest BCUT2D eigenvalue weighted by Crippen LogP contribution is 2.27. The Morgan fingerprint density at radius 3 is 2.37 bits per heavy atom. The average Bonchev–Trinajstić information content (AvgIpc) is 3.05. The Morgan fingerprint density at radius 2 is 1.67 bits per heavy atom. The van der Waals surface area contributed by atoms with Crippen molar-refractivity contribution in [3.05, 3.63) is 41.7 Å². The van der Waals surface area contributed by atoms with E-state index in [9.17, 15) is 0 Å². The van der Waals surface area contributed by atoms with E-state index in [4.69, 9.17) is 0 Å². The van der Waals surface area contributed by atoms with Crippen molar-refractivity contribution in [2.75, 3.05) is 46.3 Å². The first-order valence-corrected chi connectivity index (χ1v) is 10.1. The summed E-state index contributed by atoms with van der Waals surface area (Å²) in [6.07, 6.45) is 6.12. The number of pyridine rings is 1. The topological polar surface area (TPSA) is 53.3 Å². The van der Waals surface area contributed by atoms with Gasteiger partial charge in [0.25, 0.3) is 0 Å². The number of hydrogen-bond acceptors (Lipinski definition) is 6. The lowest BCUT2D eigenvalue weighted by Gasteiger charge is -2.32. The molecule has 0 aromatic carbocycles. The van der Waals surface area contributed by atoms with Gasteiger partial charge in [-0.25, -0.2) is 0 Å². The van der Waals surface area contributed by atoms with Crippen LogP contribution in [0.2, 0.25) is 0 Å². The first-order valence-electron chi connectivity index (χ1n) is 10.1. The van der Waals surface area contributed by atoms with Crippen molar-refractivity contribution in [3.8, 4) is 0 Å². The minimum Gasteiger partial charge on any atom is -0.317 e. The van der Waals surface area contributed by atoms with Gasteiger partial charge in [0.2, 0.25) is 0 Å². The maximum absolute atomic E-state index is 4.58. The highest BCUT2D eigenvalue weighted by Gasteiger charge is 2.26. The summed E-state index contributed by atoms with van der Waals surface area (Å²) in [7, 11) is 4.33. The second kappa shape index (κ2) is 8.46. The summed E-state index contributed by atoms with van der Waals surface area (Å²) in [5.41, 5.74) is 1.30. The zero-order valence-electron chi connectivity index (χ0n) is 16.6. The van der Waals surface area contributed by atoms with Gasteiger partial charge in [0.15, 0.2) is 0 Å². The number of aromatic nitrogens is 4. The van der Waals surface area contributed by atoms with Gasteiger partial charge in [0.05, 0.1) is 6.54 Å². The van der Waals surface area contributed by atoms with Crippen LogP contribution in [0, 0.1) is 0 Å². The standard InChI is InChI=1S/C20H31N7/c1-24-10-12-27(13-11-24)16-19-22-23-20(25(19)2)18-5-8-26(9-6-18)15-17-4-3-7-21-14-17/h3-4,7,14,18H,5-6,8-13,15-16H2,1-2H3. The first-order chi connectivity index (χ1) is 13.2. The molecule has 7 nitrogen and oxygen atoms in total. The summed E-state index contributed by atoms with van der Waals surface area (Å²) < 4.78 is 2.25. The average molecular weight is 370 g/mol. The minimum absolute atomic E-state index is 0.522. The van der Waals surface area contributed by atoms with Crippen molar-refractivity contribution >= 4 is 0 Å². The molecule has 0 N–H and O–H groups in total. The van der Waals surface area contributed by atoms with Crippen LogP contribution >= 0.6 is 0 Å². The molecule has 4 rings (SSSR count). The lowest BCUT2D eigenvalue weighted by atomic mass is 9.95. The van der Waals surface area contributed by atoms with E-state index in [0.717, 1.165) is 71.0 Å². The fourth-order valence-corrected chi connectivity index (χ4v) is 4.17. The number of likely N-dealkylation sites (N-methyl/N-ethyl adjacent to an activating group) is 1. The van der Waals surface area contributed by atoms with Gasteiger partial charge in [-0.05, 0) is 44.6 Å². The fourth-order valence-electron chi connectivity index (χ4n) is 4.17. The second-order valence-electron chi connectivity index (χ2n) is 8.02. The predicted octanol–water partition coefficient (Wildman–Crippen LogP) is 1.34. The van der Waals surface area contributed by atoms with E-state index in [-0.39, 0.29) is 0 Å². The third-order valence-electron chi connectivity index (χ3n) is 6.04. The molecule has 0 aliphatic carbocycles. The Kier molecular flexibility index (Phi) is 5.80. The number of piperazine rings is 1. The summed E-state index contributed by atoms with van der Waals surface area (Å²) in [5.74, 6) is 2.79. The summed E-state index contributed by atoms with van der Waals surface area (Å²) in [6.45, 7) is 8.64. The SMILES string of the molecule is CN1CCN(Cc2nnc(C3CCN(Cc4cccnc4)CC3)n2C)CC1. The van der Waals surface area contributed by atoms with Gasteiger partial charge in [0, 0.05) is 58.1 Å². The Balaban J connectivity index is 1.31. The number of hydrogen-bond donors (Lipinski definition) is 0. The lowest BCUT2D eigenvalue weighted by Crippen LogP contribution is -2.44. The fraction of sp³-hybridized carbons (Fsp3) is 0.650. The van der Waals surface area contributed by atoms with E-state index in [0.29, 0.717) is 5.92 Å². The van der Waals surface area contributed by atoms with E-state index >= 15 is 0 Å². The van der Waals surface area contributed by atoms with Gasteiger partial charge in [-0.1, -0.05) is 6.07 Å². The molecule has 0 atom stereocenters. The molecule has 27 heavy (non-hydrogen) atoms.